The van der Waals surface area contributed by atoms with Gasteiger partial charge in [0.25, 0.3) is 0 Å². The van der Waals surface area contributed by atoms with E-state index in [0.29, 0.717) is 21.9 Å². The molecule has 110 valence electrons. The van der Waals surface area contributed by atoms with Gasteiger partial charge in [-0.1, -0.05) is 34.4 Å². The highest BCUT2D eigenvalue weighted by atomic mass is 35.5. The molecule has 0 amide bonds. The molecule has 0 spiro atoms. The van der Waals surface area contributed by atoms with E-state index in [2.05, 4.69) is 5.16 Å². The second kappa shape index (κ2) is 6.65. The number of ether oxygens (including phenoxy) is 1. The molecule has 0 bridgehead atoms. The number of benzene rings is 2. The second-order valence-corrected chi connectivity index (χ2v) is 5.01. The van der Waals surface area contributed by atoms with Gasteiger partial charge in [-0.15, -0.1) is 0 Å². The maximum absolute atomic E-state index is 13.1. The van der Waals surface area contributed by atoms with Crippen LogP contribution in [-0.2, 0) is 6.61 Å². The summed E-state index contributed by atoms with van der Waals surface area (Å²) in [5.74, 6) is -0.252. The number of nitrogens with two attached hydrogens (primary N) is 1. The van der Waals surface area contributed by atoms with Crippen molar-refractivity contribution in [1.82, 2.24) is 0 Å². The van der Waals surface area contributed by atoms with Crippen molar-refractivity contribution in [2.75, 3.05) is 0 Å². The zero-order valence-corrected chi connectivity index (χ0v) is 12.2. The van der Waals surface area contributed by atoms with Gasteiger partial charge in [-0.3, -0.25) is 0 Å². The fourth-order valence-electron chi connectivity index (χ4n) is 1.67. The Labute approximate surface area is 130 Å². The standard InChI is InChI=1S/C14H11Cl2FN2O2/c15-9-2-3-10(14(18)19-20)13(6-9)21-7-8-1-4-12(17)11(16)5-8/h1-6,20H,7H2,(H2,18,19). The number of rotatable bonds is 4. The first-order valence-electron chi connectivity index (χ1n) is 5.85. The fourth-order valence-corrected chi connectivity index (χ4v) is 2.04. The predicted octanol–water partition coefficient (Wildman–Crippen LogP) is 3.81. The van der Waals surface area contributed by atoms with Gasteiger partial charge in [-0.2, -0.15) is 0 Å². The molecule has 0 heterocycles. The molecule has 0 aliphatic rings. The third-order valence-electron chi connectivity index (χ3n) is 2.71. The van der Waals surface area contributed by atoms with E-state index < -0.39 is 5.82 Å². The van der Waals surface area contributed by atoms with Crippen molar-refractivity contribution in [1.29, 1.82) is 0 Å². The molecule has 0 aliphatic heterocycles. The molecule has 2 aromatic rings. The highest BCUT2D eigenvalue weighted by Crippen LogP contribution is 2.25. The van der Waals surface area contributed by atoms with Crippen LogP contribution in [0.1, 0.15) is 11.1 Å². The van der Waals surface area contributed by atoms with E-state index in [-0.39, 0.29) is 17.5 Å². The average Bonchev–Trinajstić information content (AvgIpc) is 2.48. The minimum absolute atomic E-state index is 0.0128. The highest BCUT2D eigenvalue weighted by Gasteiger charge is 2.10. The minimum atomic E-state index is -0.500. The predicted molar refractivity (Wildman–Crippen MR) is 79.7 cm³/mol. The number of nitrogens with zero attached hydrogens (tertiary/aromatic N) is 1. The first-order chi connectivity index (χ1) is 10.0. The van der Waals surface area contributed by atoms with Crippen LogP contribution in [0.4, 0.5) is 4.39 Å². The van der Waals surface area contributed by atoms with Crippen molar-refractivity contribution >= 4 is 29.0 Å². The maximum atomic E-state index is 13.1. The number of halogens is 3. The van der Waals surface area contributed by atoms with Gasteiger partial charge in [0.15, 0.2) is 5.84 Å². The molecular weight excluding hydrogens is 318 g/mol. The lowest BCUT2D eigenvalue weighted by atomic mass is 10.2. The normalized spacial score (nSPS) is 11.5. The van der Waals surface area contributed by atoms with Gasteiger partial charge in [-0.05, 0) is 35.9 Å². The lowest BCUT2D eigenvalue weighted by Crippen LogP contribution is -2.14. The summed E-state index contributed by atoms with van der Waals surface area (Å²) in [6.07, 6.45) is 0. The van der Waals surface area contributed by atoms with Gasteiger partial charge in [0, 0.05) is 5.02 Å². The fraction of sp³-hybridized carbons (Fsp3) is 0.0714. The van der Waals surface area contributed by atoms with Crippen LogP contribution in [0.15, 0.2) is 41.6 Å². The minimum Gasteiger partial charge on any atom is -0.488 e. The largest absolute Gasteiger partial charge is 0.488 e. The zero-order chi connectivity index (χ0) is 15.4. The lowest BCUT2D eigenvalue weighted by Gasteiger charge is -2.11. The van der Waals surface area contributed by atoms with E-state index in [1.807, 2.05) is 0 Å². The van der Waals surface area contributed by atoms with Gasteiger partial charge in [0.2, 0.25) is 0 Å². The highest BCUT2D eigenvalue weighted by molar-refractivity contribution is 6.31. The monoisotopic (exact) mass is 328 g/mol. The smallest absolute Gasteiger partial charge is 0.173 e. The molecule has 0 atom stereocenters. The van der Waals surface area contributed by atoms with E-state index in [4.69, 9.17) is 38.9 Å². The summed E-state index contributed by atoms with van der Waals surface area (Å²) in [4.78, 5) is 0. The Morgan fingerprint density at radius 3 is 2.67 bits per heavy atom. The molecule has 0 fully saturated rings. The Morgan fingerprint density at radius 1 is 1.24 bits per heavy atom. The van der Waals surface area contributed by atoms with Crippen LogP contribution >= 0.6 is 23.2 Å². The van der Waals surface area contributed by atoms with Crippen molar-refractivity contribution in [3.8, 4) is 5.75 Å². The third kappa shape index (κ3) is 3.77. The van der Waals surface area contributed by atoms with Crippen LogP contribution in [0, 0.1) is 5.82 Å². The third-order valence-corrected chi connectivity index (χ3v) is 3.23. The van der Waals surface area contributed by atoms with Crippen LogP contribution in [0.3, 0.4) is 0 Å². The van der Waals surface area contributed by atoms with Gasteiger partial charge >= 0.3 is 0 Å². The molecule has 0 aromatic heterocycles. The molecule has 7 heteroatoms. The zero-order valence-electron chi connectivity index (χ0n) is 10.7. The SMILES string of the molecule is N/C(=N/O)c1ccc(Cl)cc1OCc1ccc(F)c(Cl)c1. The molecule has 0 aliphatic carbocycles. The Morgan fingerprint density at radius 2 is 2.00 bits per heavy atom. The Balaban J connectivity index is 2.22. The molecule has 0 unspecified atom stereocenters. The molecule has 0 saturated heterocycles. The first kappa shape index (κ1) is 15.4. The van der Waals surface area contributed by atoms with Crippen LogP contribution in [0.5, 0.6) is 5.75 Å². The Hall–Kier alpha value is -1.98. The Bertz CT molecular complexity index is 693. The van der Waals surface area contributed by atoms with Crippen LogP contribution < -0.4 is 10.5 Å². The number of amidine groups is 1. The van der Waals surface area contributed by atoms with Crippen LogP contribution in [-0.4, -0.2) is 11.0 Å². The molecule has 0 radical (unpaired) electrons. The second-order valence-electron chi connectivity index (χ2n) is 4.16. The summed E-state index contributed by atoms with van der Waals surface area (Å²) in [6, 6.07) is 8.98. The van der Waals surface area contributed by atoms with E-state index in [0.717, 1.165) is 0 Å². The van der Waals surface area contributed by atoms with Crippen LogP contribution in [0.25, 0.3) is 0 Å². The molecule has 4 nitrogen and oxygen atoms in total. The number of oxime groups is 1. The molecule has 3 N–H and O–H groups in total. The number of hydrogen-bond donors (Lipinski definition) is 2. The Kier molecular flexibility index (Phi) is 4.88. The van der Waals surface area contributed by atoms with E-state index in [1.54, 1.807) is 24.3 Å². The summed E-state index contributed by atoms with van der Waals surface area (Å²) in [5, 5.41) is 12.1. The maximum Gasteiger partial charge on any atom is 0.173 e. The van der Waals surface area contributed by atoms with Crippen molar-refractivity contribution < 1.29 is 14.3 Å². The molecule has 2 aromatic carbocycles. The molecule has 21 heavy (non-hydrogen) atoms. The summed E-state index contributed by atoms with van der Waals surface area (Å²) < 4.78 is 18.7. The van der Waals surface area contributed by atoms with E-state index >= 15 is 0 Å². The summed E-state index contributed by atoms with van der Waals surface area (Å²) in [6.45, 7) is 0.131. The molecule has 0 saturated carbocycles. The van der Waals surface area contributed by atoms with Crippen molar-refractivity contribution in [3.05, 3.63) is 63.4 Å². The number of hydrogen-bond acceptors (Lipinski definition) is 3. The van der Waals surface area contributed by atoms with Gasteiger partial charge < -0.3 is 15.7 Å². The van der Waals surface area contributed by atoms with Crippen molar-refractivity contribution in [2.45, 2.75) is 6.61 Å². The van der Waals surface area contributed by atoms with Gasteiger partial charge in [0.05, 0.1) is 10.6 Å². The lowest BCUT2D eigenvalue weighted by molar-refractivity contribution is 0.303. The van der Waals surface area contributed by atoms with E-state index in [1.165, 1.54) is 12.1 Å². The van der Waals surface area contributed by atoms with Crippen molar-refractivity contribution in [3.63, 3.8) is 0 Å². The van der Waals surface area contributed by atoms with Crippen molar-refractivity contribution in [2.24, 2.45) is 10.9 Å². The average molecular weight is 329 g/mol. The van der Waals surface area contributed by atoms with Gasteiger partial charge in [-0.25, -0.2) is 4.39 Å². The topological polar surface area (TPSA) is 67.8 Å². The summed E-state index contributed by atoms with van der Waals surface area (Å²) in [7, 11) is 0. The quantitative estimate of drug-likeness (QED) is 0.388. The van der Waals surface area contributed by atoms with Gasteiger partial charge in [0.1, 0.15) is 18.2 Å². The van der Waals surface area contributed by atoms with E-state index in [9.17, 15) is 4.39 Å². The molecule has 2 rings (SSSR count). The first-order valence-corrected chi connectivity index (χ1v) is 6.61. The molecular formula is C14H11Cl2FN2O2. The summed E-state index contributed by atoms with van der Waals surface area (Å²) >= 11 is 11.6. The summed E-state index contributed by atoms with van der Waals surface area (Å²) in [5.41, 5.74) is 6.64. The van der Waals surface area contributed by atoms with Crippen LogP contribution in [0.2, 0.25) is 10.0 Å².